The molecule has 0 saturated carbocycles. The lowest BCUT2D eigenvalue weighted by molar-refractivity contribution is -0.116. The molecular formula is C27H25N3O7S. The summed E-state index contributed by atoms with van der Waals surface area (Å²) in [7, 11) is 0. The van der Waals surface area contributed by atoms with E-state index >= 15 is 0 Å². The summed E-state index contributed by atoms with van der Waals surface area (Å²) < 4.78 is 0. The smallest absolute Gasteiger partial charge is 0.336 e. The first kappa shape index (κ1) is 27.9. The van der Waals surface area contributed by atoms with Gasteiger partial charge in [0.25, 0.3) is 5.91 Å². The van der Waals surface area contributed by atoms with Crippen molar-refractivity contribution in [3.8, 4) is 0 Å². The van der Waals surface area contributed by atoms with E-state index in [4.69, 9.17) is 5.11 Å². The largest absolute Gasteiger partial charge is 0.478 e. The first-order valence-corrected chi connectivity index (χ1v) is 12.3. The fraction of sp³-hybridized carbons (Fsp3) is 0.148. The lowest BCUT2D eigenvalue weighted by atomic mass is 10.0. The standard InChI is InChI=1S/C27H25N3O7S/c1-3-23(25(33)29-18-10-8-17(9-11-18)28-15(2)31)38-20-6-4-5-19(14-20)30-24(32)21-12-7-16(26(34)35)13-22(21)27(36)37/h4-14,23H,3H2,1-2H3,(H,28,31)(H,29,33)(H,30,32)(H,34,35)(H,36,37). The third kappa shape index (κ3) is 7.43. The summed E-state index contributed by atoms with van der Waals surface area (Å²) in [6.07, 6.45) is 0.523. The van der Waals surface area contributed by atoms with Crippen LogP contribution in [-0.2, 0) is 9.59 Å². The molecule has 1 unspecified atom stereocenters. The number of carboxylic acid groups (broad SMARTS) is 2. The summed E-state index contributed by atoms with van der Waals surface area (Å²) in [4.78, 5) is 60.3. The van der Waals surface area contributed by atoms with Crippen molar-refractivity contribution in [2.45, 2.75) is 30.4 Å². The molecule has 0 bridgehead atoms. The Kier molecular flexibility index (Phi) is 9.23. The zero-order chi connectivity index (χ0) is 27.8. The Hall–Kier alpha value is -4.64. The molecule has 0 heterocycles. The SMILES string of the molecule is CCC(Sc1cccc(NC(=O)c2ccc(C(=O)O)cc2C(=O)O)c1)C(=O)Nc1ccc(NC(C)=O)cc1. The van der Waals surface area contributed by atoms with Gasteiger partial charge in [-0.1, -0.05) is 13.0 Å². The quantitative estimate of drug-likeness (QED) is 0.231. The van der Waals surface area contributed by atoms with Crippen LogP contribution >= 0.6 is 11.8 Å². The van der Waals surface area contributed by atoms with Crippen molar-refractivity contribution in [3.63, 3.8) is 0 Å². The van der Waals surface area contributed by atoms with Crippen molar-refractivity contribution in [2.24, 2.45) is 0 Å². The van der Waals surface area contributed by atoms with Gasteiger partial charge in [-0.15, -0.1) is 11.8 Å². The van der Waals surface area contributed by atoms with Gasteiger partial charge in [0.2, 0.25) is 11.8 Å². The zero-order valence-electron chi connectivity index (χ0n) is 20.5. The molecule has 0 spiro atoms. The van der Waals surface area contributed by atoms with Crippen molar-refractivity contribution in [1.29, 1.82) is 0 Å². The van der Waals surface area contributed by atoms with Crippen molar-refractivity contribution < 1.29 is 34.2 Å². The number of hydrogen-bond donors (Lipinski definition) is 5. The zero-order valence-corrected chi connectivity index (χ0v) is 21.3. The Morgan fingerprint density at radius 2 is 1.42 bits per heavy atom. The van der Waals surface area contributed by atoms with Crippen LogP contribution in [0.3, 0.4) is 0 Å². The fourth-order valence-electron chi connectivity index (χ4n) is 3.45. The highest BCUT2D eigenvalue weighted by Crippen LogP contribution is 2.29. The number of aromatic carboxylic acids is 2. The second-order valence-electron chi connectivity index (χ2n) is 8.12. The van der Waals surface area contributed by atoms with Crippen LogP contribution in [0.1, 0.15) is 51.3 Å². The number of thioether (sulfide) groups is 1. The Morgan fingerprint density at radius 1 is 0.763 bits per heavy atom. The van der Waals surface area contributed by atoms with E-state index in [1.807, 2.05) is 6.92 Å². The van der Waals surface area contributed by atoms with Gasteiger partial charge in [-0.3, -0.25) is 14.4 Å². The summed E-state index contributed by atoms with van der Waals surface area (Å²) in [5, 5.41) is 26.2. The van der Waals surface area contributed by atoms with Crippen molar-refractivity contribution in [2.75, 3.05) is 16.0 Å². The molecule has 0 fully saturated rings. The summed E-state index contributed by atoms with van der Waals surface area (Å²) in [6, 6.07) is 16.7. The van der Waals surface area contributed by atoms with Gasteiger partial charge in [0.1, 0.15) is 0 Å². The molecular weight excluding hydrogens is 510 g/mol. The van der Waals surface area contributed by atoms with E-state index in [1.165, 1.54) is 18.7 Å². The Balaban J connectivity index is 1.69. The second kappa shape index (κ2) is 12.5. The molecule has 0 aromatic heterocycles. The molecule has 3 amide bonds. The first-order valence-electron chi connectivity index (χ1n) is 11.4. The maximum Gasteiger partial charge on any atom is 0.336 e. The van der Waals surface area contributed by atoms with Crippen LogP contribution < -0.4 is 16.0 Å². The van der Waals surface area contributed by atoms with Gasteiger partial charge in [-0.25, -0.2) is 9.59 Å². The number of amides is 3. The maximum absolute atomic E-state index is 12.9. The summed E-state index contributed by atoms with van der Waals surface area (Å²) in [6.45, 7) is 3.28. The molecule has 0 aliphatic rings. The topological polar surface area (TPSA) is 162 Å². The highest BCUT2D eigenvalue weighted by Gasteiger charge is 2.21. The van der Waals surface area contributed by atoms with Crippen molar-refractivity contribution in [1.82, 2.24) is 0 Å². The van der Waals surface area contributed by atoms with Crippen LogP contribution in [-0.4, -0.2) is 45.1 Å². The molecule has 0 radical (unpaired) electrons. The Bertz CT molecular complexity index is 1390. The number of anilines is 3. The summed E-state index contributed by atoms with van der Waals surface area (Å²) in [5.74, 6) is -3.86. The molecule has 1 atom stereocenters. The van der Waals surface area contributed by atoms with Crippen LogP contribution in [0.15, 0.2) is 71.6 Å². The van der Waals surface area contributed by atoms with E-state index in [1.54, 1.807) is 48.5 Å². The van der Waals surface area contributed by atoms with Gasteiger partial charge in [0.15, 0.2) is 0 Å². The van der Waals surface area contributed by atoms with Gasteiger partial charge in [0.05, 0.1) is 21.9 Å². The van der Waals surface area contributed by atoms with Gasteiger partial charge in [-0.05, 0) is 67.1 Å². The van der Waals surface area contributed by atoms with Gasteiger partial charge >= 0.3 is 11.9 Å². The van der Waals surface area contributed by atoms with E-state index in [0.29, 0.717) is 28.4 Å². The molecule has 0 aliphatic carbocycles. The van der Waals surface area contributed by atoms with E-state index in [9.17, 15) is 29.1 Å². The minimum atomic E-state index is -1.43. The van der Waals surface area contributed by atoms with Crippen LogP contribution in [0.4, 0.5) is 17.1 Å². The average molecular weight is 536 g/mol. The molecule has 3 aromatic rings. The van der Waals surface area contributed by atoms with E-state index in [2.05, 4.69) is 16.0 Å². The van der Waals surface area contributed by atoms with E-state index < -0.39 is 28.7 Å². The third-order valence-corrected chi connectivity index (χ3v) is 6.61. The molecule has 38 heavy (non-hydrogen) atoms. The number of nitrogens with one attached hydrogen (secondary N) is 3. The molecule has 11 heteroatoms. The highest BCUT2D eigenvalue weighted by molar-refractivity contribution is 8.00. The number of benzene rings is 3. The van der Waals surface area contributed by atoms with Crippen molar-refractivity contribution in [3.05, 3.63) is 83.4 Å². The molecule has 10 nitrogen and oxygen atoms in total. The summed E-state index contributed by atoms with van der Waals surface area (Å²) in [5.41, 5.74) is 0.709. The highest BCUT2D eigenvalue weighted by atomic mass is 32.2. The number of carbonyl (C=O) groups excluding carboxylic acids is 3. The number of hydrogen-bond acceptors (Lipinski definition) is 6. The second-order valence-corrected chi connectivity index (χ2v) is 9.39. The normalized spacial score (nSPS) is 11.2. The lowest BCUT2D eigenvalue weighted by Gasteiger charge is -2.16. The molecule has 3 aromatic carbocycles. The van der Waals surface area contributed by atoms with Crippen molar-refractivity contribution >= 4 is 58.5 Å². The predicted molar refractivity (Wildman–Crippen MR) is 144 cm³/mol. The predicted octanol–water partition coefficient (Wildman–Crippen LogP) is 4.80. The Morgan fingerprint density at radius 3 is 2.00 bits per heavy atom. The first-order chi connectivity index (χ1) is 18.1. The van der Waals surface area contributed by atoms with Gasteiger partial charge in [-0.2, -0.15) is 0 Å². The van der Waals surface area contributed by atoms with Crippen LogP contribution in [0, 0.1) is 0 Å². The fourth-order valence-corrected chi connectivity index (χ4v) is 4.46. The molecule has 0 saturated heterocycles. The molecule has 196 valence electrons. The average Bonchev–Trinajstić information content (AvgIpc) is 2.87. The van der Waals surface area contributed by atoms with Gasteiger partial charge in [0, 0.05) is 28.9 Å². The minimum absolute atomic E-state index is 0.184. The maximum atomic E-state index is 12.9. The number of carboxylic acids is 2. The molecule has 0 aliphatic heterocycles. The van der Waals surface area contributed by atoms with Gasteiger partial charge < -0.3 is 26.2 Å². The third-order valence-electron chi connectivity index (χ3n) is 5.25. The minimum Gasteiger partial charge on any atom is -0.478 e. The molecule has 3 rings (SSSR count). The Labute approximate surface area is 222 Å². The van der Waals surface area contributed by atoms with E-state index in [-0.39, 0.29) is 22.9 Å². The monoisotopic (exact) mass is 535 g/mol. The number of carbonyl (C=O) groups is 5. The van der Waals surface area contributed by atoms with Crippen LogP contribution in [0.5, 0.6) is 0 Å². The van der Waals surface area contributed by atoms with Crippen LogP contribution in [0.25, 0.3) is 0 Å². The van der Waals surface area contributed by atoms with E-state index in [0.717, 1.165) is 18.2 Å². The lowest BCUT2D eigenvalue weighted by Crippen LogP contribution is -2.24. The summed E-state index contributed by atoms with van der Waals surface area (Å²) >= 11 is 1.30. The number of rotatable bonds is 10. The molecule has 5 N–H and O–H groups in total. The van der Waals surface area contributed by atoms with Crippen LogP contribution in [0.2, 0.25) is 0 Å².